The number of hydrogen-bond acceptors (Lipinski definition) is 4. The maximum absolute atomic E-state index is 12.0. The fourth-order valence-electron chi connectivity index (χ4n) is 1.95. The Hall–Kier alpha value is -2.27. The third-order valence-corrected chi connectivity index (χ3v) is 3.74. The third kappa shape index (κ3) is 2.92. The summed E-state index contributed by atoms with van der Waals surface area (Å²) in [4.78, 5) is 12.0. The fourth-order valence-corrected chi connectivity index (χ4v) is 2.40. The van der Waals surface area contributed by atoms with E-state index in [-0.39, 0.29) is 18.3 Å². The molecule has 2 aromatic rings. The number of aromatic hydroxyl groups is 1. The Kier molecular flexibility index (Phi) is 3.66. The highest BCUT2D eigenvalue weighted by Gasteiger charge is 2.15. The highest BCUT2D eigenvalue weighted by atomic mass is 79.9. The second kappa shape index (κ2) is 5.61. The van der Waals surface area contributed by atoms with Crippen molar-refractivity contribution in [2.75, 3.05) is 6.79 Å². The largest absolute Gasteiger partial charge is 0.508 e. The Morgan fingerprint density at radius 3 is 2.52 bits per heavy atom. The normalized spacial score (nSPS) is 12.8. The van der Waals surface area contributed by atoms with Crippen molar-refractivity contribution in [1.29, 1.82) is 0 Å². The molecule has 0 bridgehead atoms. The van der Waals surface area contributed by atoms with Crippen LogP contribution in [0.15, 0.2) is 46.9 Å². The second-order valence-corrected chi connectivity index (χ2v) is 5.33. The van der Waals surface area contributed by atoms with Gasteiger partial charge in [-0.2, -0.15) is 0 Å². The highest BCUT2D eigenvalue weighted by Crippen LogP contribution is 2.37. The average Bonchev–Trinajstić information content (AvgIpc) is 2.92. The molecule has 21 heavy (non-hydrogen) atoms. The quantitative estimate of drug-likeness (QED) is 0.678. The van der Waals surface area contributed by atoms with Gasteiger partial charge in [0, 0.05) is 10.0 Å². The standard InChI is InChI=1S/C16H11BrO4/c17-13-8-16-15(20-9-21-16)7-11(13)3-6-14(19)10-1-4-12(18)5-2-10/h1-8,18H,9H2/b6-3+. The number of allylic oxidation sites excluding steroid dienone is 1. The number of phenols is 1. The van der Waals surface area contributed by atoms with E-state index in [1.807, 2.05) is 12.1 Å². The fraction of sp³-hybridized carbons (Fsp3) is 0.0625. The lowest BCUT2D eigenvalue weighted by Gasteiger charge is -2.02. The monoisotopic (exact) mass is 346 g/mol. The second-order valence-electron chi connectivity index (χ2n) is 4.47. The van der Waals surface area contributed by atoms with Crippen LogP contribution in [-0.2, 0) is 0 Å². The van der Waals surface area contributed by atoms with E-state index >= 15 is 0 Å². The van der Waals surface area contributed by atoms with Gasteiger partial charge in [-0.1, -0.05) is 15.9 Å². The van der Waals surface area contributed by atoms with Gasteiger partial charge in [-0.15, -0.1) is 0 Å². The molecule has 1 heterocycles. The van der Waals surface area contributed by atoms with E-state index in [0.29, 0.717) is 17.1 Å². The van der Waals surface area contributed by atoms with Crippen molar-refractivity contribution >= 4 is 27.8 Å². The number of benzene rings is 2. The minimum atomic E-state index is -0.139. The zero-order valence-corrected chi connectivity index (χ0v) is 12.5. The zero-order valence-electron chi connectivity index (χ0n) is 10.9. The number of rotatable bonds is 3. The van der Waals surface area contributed by atoms with Gasteiger partial charge in [0.2, 0.25) is 6.79 Å². The topological polar surface area (TPSA) is 55.8 Å². The van der Waals surface area contributed by atoms with Crippen LogP contribution in [0.2, 0.25) is 0 Å². The molecule has 0 amide bonds. The van der Waals surface area contributed by atoms with Gasteiger partial charge in [0.15, 0.2) is 17.3 Å². The summed E-state index contributed by atoms with van der Waals surface area (Å²) in [6.45, 7) is 0.210. The number of carbonyl (C=O) groups is 1. The molecule has 0 aliphatic carbocycles. The lowest BCUT2D eigenvalue weighted by Crippen LogP contribution is -1.93. The maximum atomic E-state index is 12.0. The molecule has 2 aromatic carbocycles. The van der Waals surface area contributed by atoms with Crippen LogP contribution < -0.4 is 9.47 Å². The smallest absolute Gasteiger partial charge is 0.231 e. The SMILES string of the molecule is O=C(/C=C/c1cc2c(cc1Br)OCO2)c1ccc(O)cc1. The summed E-state index contributed by atoms with van der Waals surface area (Å²) >= 11 is 3.43. The predicted octanol–water partition coefficient (Wildman–Crippen LogP) is 3.78. The Bertz CT molecular complexity index is 720. The van der Waals surface area contributed by atoms with E-state index in [2.05, 4.69) is 15.9 Å². The summed E-state index contributed by atoms with van der Waals surface area (Å²) in [7, 11) is 0. The van der Waals surface area contributed by atoms with Crippen molar-refractivity contribution in [3.05, 3.63) is 58.1 Å². The third-order valence-electron chi connectivity index (χ3n) is 3.06. The zero-order chi connectivity index (χ0) is 14.8. The van der Waals surface area contributed by atoms with Crippen LogP contribution in [0, 0.1) is 0 Å². The summed E-state index contributed by atoms with van der Waals surface area (Å²) in [5, 5.41) is 9.21. The molecule has 1 N–H and O–H groups in total. The van der Waals surface area contributed by atoms with Crippen LogP contribution >= 0.6 is 15.9 Å². The first kappa shape index (κ1) is 13.7. The van der Waals surface area contributed by atoms with Gasteiger partial charge in [0.25, 0.3) is 0 Å². The molecule has 4 nitrogen and oxygen atoms in total. The van der Waals surface area contributed by atoms with E-state index in [0.717, 1.165) is 10.0 Å². The lowest BCUT2D eigenvalue weighted by atomic mass is 10.1. The molecule has 1 aliphatic rings. The number of halogens is 1. The van der Waals surface area contributed by atoms with E-state index in [1.54, 1.807) is 18.2 Å². The van der Waals surface area contributed by atoms with Crippen molar-refractivity contribution < 1.29 is 19.4 Å². The van der Waals surface area contributed by atoms with Crippen molar-refractivity contribution in [1.82, 2.24) is 0 Å². The first-order valence-electron chi connectivity index (χ1n) is 6.24. The summed E-state index contributed by atoms with van der Waals surface area (Å²) in [5.74, 6) is 1.34. The van der Waals surface area contributed by atoms with Gasteiger partial charge in [-0.05, 0) is 54.1 Å². The molecular formula is C16H11BrO4. The summed E-state index contributed by atoms with van der Waals surface area (Å²) in [6.07, 6.45) is 3.19. The van der Waals surface area contributed by atoms with Crippen LogP contribution in [0.1, 0.15) is 15.9 Å². The van der Waals surface area contributed by atoms with Crippen molar-refractivity contribution in [2.45, 2.75) is 0 Å². The Morgan fingerprint density at radius 1 is 1.14 bits per heavy atom. The van der Waals surface area contributed by atoms with Crippen molar-refractivity contribution in [2.24, 2.45) is 0 Å². The molecule has 0 unspecified atom stereocenters. The van der Waals surface area contributed by atoms with Crippen molar-refractivity contribution in [3.63, 3.8) is 0 Å². The van der Waals surface area contributed by atoms with Crippen LogP contribution in [0.4, 0.5) is 0 Å². The number of carbonyl (C=O) groups excluding carboxylic acids is 1. The van der Waals surface area contributed by atoms with Gasteiger partial charge in [0.1, 0.15) is 5.75 Å². The molecule has 0 fully saturated rings. The molecule has 0 saturated carbocycles. The molecule has 0 aromatic heterocycles. The van der Waals surface area contributed by atoms with Crippen LogP contribution in [0.5, 0.6) is 17.2 Å². The van der Waals surface area contributed by atoms with Crippen LogP contribution in [0.25, 0.3) is 6.08 Å². The Morgan fingerprint density at radius 2 is 1.81 bits per heavy atom. The lowest BCUT2D eigenvalue weighted by molar-refractivity contribution is 0.104. The highest BCUT2D eigenvalue weighted by molar-refractivity contribution is 9.10. The first-order chi connectivity index (χ1) is 10.1. The van der Waals surface area contributed by atoms with E-state index in [9.17, 15) is 9.90 Å². The van der Waals surface area contributed by atoms with Gasteiger partial charge in [-0.25, -0.2) is 0 Å². The minimum Gasteiger partial charge on any atom is -0.508 e. The molecular weight excluding hydrogens is 336 g/mol. The molecule has 0 atom stereocenters. The molecule has 0 radical (unpaired) electrons. The summed E-state index contributed by atoms with van der Waals surface area (Å²) < 4.78 is 11.4. The molecule has 5 heteroatoms. The summed E-state index contributed by atoms with van der Waals surface area (Å²) in [6, 6.07) is 9.75. The van der Waals surface area contributed by atoms with Gasteiger partial charge >= 0.3 is 0 Å². The predicted molar refractivity (Wildman–Crippen MR) is 81.7 cm³/mol. The summed E-state index contributed by atoms with van der Waals surface area (Å²) in [5.41, 5.74) is 1.34. The van der Waals surface area contributed by atoms with Crippen LogP contribution in [-0.4, -0.2) is 17.7 Å². The molecule has 0 spiro atoms. The van der Waals surface area contributed by atoms with Gasteiger partial charge in [-0.3, -0.25) is 4.79 Å². The van der Waals surface area contributed by atoms with E-state index in [1.165, 1.54) is 18.2 Å². The number of hydrogen-bond donors (Lipinski definition) is 1. The Labute approximate surface area is 129 Å². The number of ether oxygens (including phenoxy) is 2. The van der Waals surface area contributed by atoms with Crippen LogP contribution in [0.3, 0.4) is 0 Å². The van der Waals surface area contributed by atoms with Gasteiger partial charge in [0.05, 0.1) is 0 Å². The number of ketones is 1. The average molecular weight is 347 g/mol. The van der Waals surface area contributed by atoms with E-state index in [4.69, 9.17) is 9.47 Å². The molecule has 106 valence electrons. The maximum Gasteiger partial charge on any atom is 0.231 e. The number of phenolic OH excluding ortho intramolecular Hbond substituents is 1. The van der Waals surface area contributed by atoms with Crippen molar-refractivity contribution in [3.8, 4) is 17.2 Å². The molecule has 1 aliphatic heterocycles. The first-order valence-corrected chi connectivity index (χ1v) is 7.03. The number of fused-ring (bicyclic) bond motifs is 1. The van der Waals surface area contributed by atoms with Gasteiger partial charge < -0.3 is 14.6 Å². The Balaban J connectivity index is 1.83. The van der Waals surface area contributed by atoms with E-state index < -0.39 is 0 Å². The molecule has 3 rings (SSSR count). The minimum absolute atomic E-state index is 0.133. The molecule has 0 saturated heterocycles.